The molecule has 2 aromatic carbocycles. The minimum Gasteiger partial charge on any atom is -0.413 e. The normalized spacial score (nSPS) is 15.3. The van der Waals surface area contributed by atoms with Crippen LogP contribution in [-0.4, -0.2) is 54.8 Å². The lowest BCUT2D eigenvalue weighted by Gasteiger charge is -2.45. The SMILES string of the molecule is COC/C(CO[Si](c1ccccc1)(c1ccccc1)C(C)(C)C)=C(\C)CC[C@H](O[Si](C(C)C)(C(C)C)C(C)C)[C@@H](C)/C=C/C=C\CO. The maximum Gasteiger partial charge on any atom is 0.261 e. The fraction of sp³-hybridized carbons (Fsp3) is 0.561. The number of aliphatic hydroxyl groups is 1. The lowest BCUT2D eigenvalue weighted by molar-refractivity contribution is 0.130. The summed E-state index contributed by atoms with van der Waals surface area (Å²) in [7, 11) is -3.01. The molecule has 0 amide bonds. The molecule has 0 aliphatic heterocycles. The topological polar surface area (TPSA) is 47.9 Å². The van der Waals surface area contributed by atoms with E-state index in [1.807, 2.05) is 6.08 Å². The Bertz CT molecular complexity index is 1200. The molecule has 0 saturated carbocycles. The Morgan fingerprint density at radius 1 is 0.787 bits per heavy atom. The average molecular weight is 679 g/mol. The lowest BCUT2D eigenvalue weighted by atomic mass is 9.96. The largest absolute Gasteiger partial charge is 0.413 e. The van der Waals surface area contributed by atoms with Crippen LogP contribution in [0.1, 0.15) is 89.0 Å². The van der Waals surface area contributed by atoms with E-state index in [9.17, 15) is 5.11 Å². The molecule has 6 heteroatoms. The van der Waals surface area contributed by atoms with Crippen molar-refractivity contribution >= 4 is 27.0 Å². The highest BCUT2D eigenvalue weighted by Crippen LogP contribution is 2.44. The Morgan fingerprint density at radius 2 is 1.30 bits per heavy atom. The number of hydrogen-bond acceptors (Lipinski definition) is 4. The molecule has 2 atom stereocenters. The van der Waals surface area contributed by atoms with Gasteiger partial charge >= 0.3 is 0 Å². The van der Waals surface area contributed by atoms with E-state index in [1.54, 1.807) is 13.2 Å². The number of benzene rings is 2. The molecule has 2 rings (SSSR count). The summed E-state index contributed by atoms with van der Waals surface area (Å²) < 4.78 is 20.6. The van der Waals surface area contributed by atoms with Gasteiger partial charge in [0.05, 0.1) is 25.9 Å². The van der Waals surface area contributed by atoms with Crippen LogP contribution in [0.2, 0.25) is 21.7 Å². The summed E-state index contributed by atoms with van der Waals surface area (Å²) in [6.45, 7) is 26.8. The number of allylic oxidation sites excluding steroid dienone is 3. The third-order valence-corrected chi connectivity index (χ3v) is 21.1. The maximum absolute atomic E-state index is 9.22. The van der Waals surface area contributed by atoms with Gasteiger partial charge in [-0.1, -0.05) is 160 Å². The molecule has 0 radical (unpaired) electrons. The molecule has 262 valence electrons. The summed E-state index contributed by atoms with van der Waals surface area (Å²) in [6, 6.07) is 21.7. The van der Waals surface area contributed by atoms with Gasteiger partial charge in [0.25, 0.3) is 8.32 Å². The first kappa shape index (κ1) is 41.1. The molecule has 0 spiro atoms. The van der Waals surface area contributed by atoms with Gasteiger partial charge in [0.2, 0.25) is 8.32 Å². The number of aliphatic hydroxyl groups excluding tert-OH is 1. The Kier molecular flexibility index (Phi) is 16.8. The second kappa shape index (κ2) is 19.2. The van der Waals surface area contributed by atoms with Gasteiger partial charge in [0.15, 0.2) is 0 Å². The third kappa shape index (κ3) is 10.5. The Balaban J connectivity index is 2.52. The van der Waals surface area contributed by atoms with Gasteiger partial charge in [-0.05, 0) is 63.3 Å². The summed E-state index contributed by atoms with van der Waals surface area (Å²) >= 11 is 0. The molecule has 0 aliphatic rings. The van der Waals surface area contributed by atoms with Gasteiger partial charge in [-0.3, -0.25) is 0 Å². The quantitative estimate of drug-likeness (QED) is 0.0914. The van der Waals surface area contributed by atoms with Crippen molar-refractivity contribution in [3.8, 4) is 0 Å². The molecule has 0 unspecified atom stereocenters. The third-order valence-electron chi connectivity index (χ3n) is 10.0. The Hall–Kier alpha value is -2.07. The lowest BCUT2D eigenvalue weighted by Crippen LogP contribution is -2.66. The molecule has 0 heterocycles. The van der Waals surface area contributed by atoms with Crippen molar-refractivity contribution in [2.45, 2.75) is 117 Å². The zero-order valence-electron chi connectivity index (χ0n) is 31.7. The van der Waals surface area contributed by atoms with Crippen LogP contribution in [0.25, 0.3) is 0 Å². The molecule has 47 heavy (non-hydrogen) atoms. The number of methoxy groups -OCH3 is 1. The first-order valence-corrected chi connectivity index (χ1v) is 21.8. The fourth-order valence-electron chi connectivity index (χ4n) is 7.56. The summed E-state index contributed by atoms with van der Waals surface area (Å²) in [4.78, 5) is 0. The van der Waals surface area contributed by atoms with Crippen molar-refractivity contribution in [1.29, 1.82) is 0 Å². The zero-order valence-corrected chi connectivity index (χ0v) is 33.7. The summed E-state index contributed by atoms with van der Waals surface area (Å²) in [6.07, 6.45) is 9.91. The first-order valence-electron chi connectivity index (χ1n) is 17.7. The summed E-state index contributed by atoms with van der Waals surface area (Å²) in [5.74, 6) is 0.230. The van der Waals surface area contributed by atoms with E-state index in [0.29, 0.717) is 29.8 Å². The van der Waals surface area contributed by atoms with Crippen molar-refractivity contribution < 1.29 is 18.7 Å². The van der Waals surface area contributed by atoms with Crippen LogP contribution in [0, 0.1) is 5.92 Å². The molecule has 4 nitrogen and oxygen atoms in total. The van der Waals surface area contributed by atoms with Crippen LogP contribution in [0.5, 0.6) is 0 Å². The van der Waals surface area contributed by atoms with Gasteiger partial charge in [-0.2, -0.15) is 0 Å². The molecule has 1 N–H and O–H groups in total. The van der Waals surface area contributed by atoms with Crippen LogP contribution in [0.3, 0.4) is 0 Å². The Morgan fingerprint density at radius 3 is 1.72 bits per heavy atom. The maximum atomic E-state index is 9.22. The number of hydrogen-bond donors (Lipinski definition) is 1. The molecule has 0 bridgehead atoms. The molecule has 2 aromatic rings. The smallest absolute Gasteiger partial charge is 0.261 e. The van der Waals surface area contributed by atoms with Crippen molar-refractivity contribution in [3.63, 3.8) is 0 Å². The van der Waals surface area contributed by atoms with E-state index in [1.165, 1.54) is 21.5 Å². The van der Waals surface area contributed by atoms with Gasteiger partial charge in [-0.25, -0.2) is 0 Å². The number of rotatable bonds is 19. The molecular formula is C41H66O4Si2. The van der Waals surface area contributed by atoms with Crippen LogP contribution < -0.4 is 10.4 Å². The van der Waals surface area contributed by atoms with Crippen molar-refractivity contribution in [1.82, 2.24) is 0 Å². The van der Waals surface area contributed by atoms with Gasteiger partial charge in [0.1, 0.15) is 0 Å². The summed E-state index contributed by atoms with van der Waals surface area (Å²) in [5.41, 5.74) is 4.07. The van der Waals surface area contributed by atoms with E-state index >= 15 is 0 Å². The van der Waals surface area contributed by atoms with Crippen molar-refractivity contribution in [2.24, 2.45) is 5.92 Å². The van der Waals surface area contributed by atoms with Crippen LogP contribution in [0.15, 0.2) is 96.1 Å². The predicted octanol–water partition coefficient (Wildman–Crippen LogP) is 9.61. The molecule has 0 aromatic heterocycles. The van der Waals surface area contributed by atoms with E-state index in [0.717, 1.165) is 12.8 Å². The first-order chi connectivity index (χ1) is 22.2. The minimum absolute atomic E-state index is 0.0466. The van der Waals surface area contributed by atoms with E-state index in [-0.39, 0.29) is 23.7 Å². The Labute approximate surface area is 290 Å². The monoisotopic (exact) mass is 678 g/mol. The predicted molar refractivity (Wildman–Crippen MR) is 208 cm³/mol. The highest BCUT2D eigenvalue weighted by atomic mass is 28.4. The van der Waals surface area contributed by atoms with Gasteiger partial charge in [-0.15, -0.1) is 0 Å². The molecule has 0 fully saturated rings. The standard InChI is InChI=1S/C41H66O4Si2/c1-32(2)46(33(3)4,34(5)6)45-40(36(8)22-16-15-21-29-42)28-27-35(7)37(30-43-12)31-44-47(41(9,10)11,38-23-17-13-18-24-38)39-25-19-14-20-26-39/h13-26,32-34,36,40,42H,27-31H2,1-12H3/b21-15-,22-16+,37-35-/t36-,40-/m0/s1. The highest BCUT2D eigenvalue weighted by Gasteiger charge is 2.50. The van der Waals surface area contributed by atoms with Crippen molar-refractivity contribution in [3.05, 3.63) is 96.1 Å². The van der Waals surface area contributed by atoms with Crippen molar-refractivity contribution in [2.75, 3.05) is 26.9 Å². The second-order valence-corrected chi connectivity index (χ2v) is 24.8. The van der Waals surface area contributed by atoms with Gasteiger partial charge in [0, 0.05) is 7.11 Å². The zero-order chi connectivity index (χ0) is 35.3. The van der Waals surface area contributed by atoms with Crippen LogP contribution in [-0.2, 0) is 13.6 Å². The summed E-state index contributed by atoms with van der Waals surface area (Å²) in [5, 5.41) is 11.7. The molecular weight excluding hydrogens is 613 g/mol. The molecule has 0 aliphatic carbocycles. The second-order valence-electron chi connectivity index (χ2n) is 15.1. The van der Waals surface area contributed by atoms with E-state index in [2.05, 4.69) is 149 Å². The van der Waals surface area contributed by atoms with Crippen LogP contribution in [0.4, 0.5) is 0 Å². The number of ether oxygens (including phenoxy) is 1. The minimum atomic E-state index is -2.68. The molecule has 0 saturated heterocycles. The van der Waals surface area contributed by atoms with E-state index < -0.39 is 16.6 Å². The average Bonchev–Trinajstić information content (AvgIpc) is 3.02. The van der Waals surface area contributed by atoms with Crippen LogP contribution >= 0.6 is 0 Å². The van der Waals surface area contributed by atoms with E-state index in [4.69, 9.17) is 13.6 Å². The highest BCUT2D eigenvalue weighted by molar-refractivity contribution is 6.99. The fourth-order valence-corrected chi connectivity index (χ4v) is 17.8. The van der Waals surface area contributed by atoms with Gasteiger partial charge < -0.3 is 18.7 Å².